The minimum Gasteiger partial charge on any atom is -0.329 e. The molecule has 0 radical (unpaired) electrons. The van der Waals surface area contributed by atoms with Gasteiger partial charge in [-0.15, -0.1) is 0 Å². The summed E-state index contributed by atoms with van der Waals surface area (Å²) < 4.78 is 0. The average Bonchev–Trinajstić information content (AvgIpc) is 2.75. The molecule has 1 atom stereocenters. The molecule has 1 unspecified atom stereocenters. The van der Waals surface area contributed by atoms with Crippen molar-refractivity contribution in [2.24, 2.45) is 5.73 Å². The maximum Gasteiger partial charge on any atom is 0.0476 e. The molecule has 1 saturated carbocycles. The molecule has 3 rings (SSSR count). The van der Waals surface area contributed by atoms with Gasteiger partial charge >= 0.3 is 0 Å². The smallest absolute Gasteiger partial charge is 0.0476 e. The van der Waals surface area contributed by atoms with Gasteiger partial charge < -0.3 is 5.73 Å². The average molecular weight is 258 g/mol. The fourth-order valence-electron chi connectivity index (χ4n) is 3.96. The van der Waals surface area contributed by atoms with Crippen LogP contribution in [-0.2, 0) is 6.42 Å². The highest BCUT2D eigenvalue weighted by Crippen LogP contribution is 2.34. The quantitative estimate of drug-likeness (QED) is 0.825. The molecule has 0 saturated heterocycles. The number of nitrogens with two attached hydrogens (primary N) is 1. The molecule has 0 spiro atoms. The van der Waals surface area contributed by atoms with Crippen molar-refractivity contribution in [3.63, 3.8) is 0 Å². The summed E-state index contributed by atoms with van der Waals surface area (Å²) in [6, 6.07) is 10.1. The molecule has 1 heterocycles. The summed E-state index contributed by atoms with van der Waals surface area (Å²) >= 11 is 0. The van der Waals surface area contributed by atoms with E-state index in [9.17, 15) is 0 Å². The zero-order valence-electron chi connectivity index (χ0n) is 11.9. The molecule has 0 amide bonds. The summed E-state index contributed by atoms with van der Waals surface area (Å²) in [6.07, 6.45) is 9.60. The predicted molar refractivity (Wildman–Crippen MR) is 80.1 cm³/mol. The molecule has 2 aliphatic rings. The fourth-order valence-corrected chi connectivity index (χ4v) is 3.96. The van der Waals surface area contributed by atoms with Crippen molar-refractivity contribution >= 4 is 0 Å². The topological polar surface area (TPSA) is 29.3 Å². The number of fused-ring (bicyclic) bond motifs is 1. The molecular weight excluding hydrogens is 232 g/mol. The van der Waals surface area contributed by atoms with Crippen LogP contribution in [0.3, 0.4) is 0 Å². The predicted octanol–water partition coefficient (Wildman–Crippen LogP) is 3.27. The number of hydrogen-bond donors (Lipinski definition) is 1. The van der Waals surface area contributed by atoms with E-state index in [4.69, 9.17) is 5.73 Å². The van der Waals surface area contributed by atoms with Gasteiger partial charge in [0.15, 0.2) is 0 Å². The van der Waals surface area contributed by atoms with Gasteiger partial charge in [-0.2, -0.15) is 0 Å². The Labute approximate surface area is 117 Å². The summed E-state index contributed by atoms with van der Waals surface area (Å²) in [4.78, 5) is 2.72. The summed E-state index contributed by atoms with van der Waals surface area (Å²) in [5.41, 5.74) is 9.12. The molecule has 0 aromatic heterocycles. The van der Waals surface area contributed by atoms with E-state index in [0.29, 0.717) is 6.04 Å². The van der Waals surface area contributed by atoms with Gasteiger partial charge in [-0.3, -0.25) is 4.90 Å². The van der Waals surface area contributed by atoms with E-state index in [1.807, 2.05) is 0 Å². The lowest BCUT2D eigenvalue weighted by Gasteiger charge is -2.42. The van der Waals surface area contributed by atoms with Crippen LogP contribution < -0.4 is 5.73 Å². The van der Waals surface area contributed by atoms with Crippen LogP contribution in [0, 0.1) is 0 Å². The third kappa shape index (κ3) is 2.70. The highest BCUT2D eigenvalue weighted by molar-refractivity contribution is 5.33. The zero-order valence-corrected chi connectivity index (χ0v) is 11.9. The van der Waals surface area contributed by atoms with Crippen molar-refractivity contribution in [3.05, 3.63) is 35.4 Å². The molecule has 0 bridgehead atoms. The van der Waals surface area contributed by atoms with Crippen LogP contribution in [0.15, 0.2) is 24.3 Å². The second-order valence-corrected chi connectivity index (χ2v) is 6.08. The Morgan fingerprint density at radius 1 is 1.05 bits per heavy atom. The highest BCUT2D eigenvalue weighted by atomic mass is 15.2. The van der Waals surface area contributed by atoms with Gasteiger partial charge in [-0.05, 0) is 30.4 Å². The highest BCUT2D eigenvalue weighted by Gasteiger charge is 2.31. The Bertz CT molecular complexity index is 407. The van der Waals surface area contributed by atoms with Gasteiger partial charge in [0, 0.05) is 25.2 Å². The molecule has 104 valence electrons. The molecule has 1 aliphatic heterocycles. The summed E-state index contributed by atoms with van der Waals surface area (Å²) in [6.45, 7) is 1.96. The van der Waals surface area contributed by atoms with Crippen molar-refractivity contribution in [3.8, 4) is 0 Å². The third-order valence-electron chi connectivity index (χ3n) is 4.97. The fraction of sp³-hybridized carbons (Fsp3) is 0.647. The Morgan fingerprint density at radius 3 is 2.53 bits per heavy atom. The normalized spacial score (nSPS) is 25.8. The van der Waals surface area contributed by atoms with Crippen LogP contribution in [-0.4, -0.2) is 24.0 Å². The molecule has 2 N–H and O–H groups in total. The van der Waals surface area contributed by atoms with Crippen LogP contribution in [0.1, 0.15) is 55.7 Å². The standard InChI is InChI=1S/C17H26N2/c18-13-17-16-10-6-5-7-14(16)11-12-19(17)15-8-3-1-2-4-9-15/h5-7,10,15,17H,1-4,8-9,11-13,18H2. The molecule has 1 aliphatic carbocycles. The second-order valence-electron chi connectivity index (χ2n) is 6.08. The van der Waals surface area contributed by atoms with Crippen LogP contribution in [0.5, 0.6) is 0 Å². The minimum absolute atomic E-state index is 0.452. The van der Waals surface area contributed by atoms with Crippen molar-refractivity contribution in [2.45, 2.75) is 57.0 Å². The first kappa shape index (κ1) is 13.1. The Balaban J connectivity index is 1.82. The number of hydrogen-bond acceptors (Lipinski definition) is 2. The molecule has 1 aromatic carbocycles. The SMILES string of the molecule is NCC1c2ccccc2CCN1C1CCCCCC1. The lowest BCUT2D eigenvalue weighted by Crippen LogP contribution is -2.45. The monoisotopic (exact) mass is 258 g/mol. The molecule has 19 heavy (non-hydrogen) atoms. The van der Waals surface area contributed by atoms with E-state index >= 15 is 0 Å². The summed E-state index contributed by atoms with van der Waals surface area (Å²) in [5.74, 6) is 0. The summed E-state index contributed by atoms with van der Waals surface area (Å²) in [7, 11) is 0. The van der Waals surface area contributed by atoms with E-state index in [2.05, 4.69) is 29.2 Å². The first-order valence-electron chi connectivity index (χ1n) is 7.94. The van der Waals surface area contributed by atoms with E-state index in [0.717, 1.165) is 12.6 Å². The van der Waals surface area contributed by atoms with E-state index < -0.39 is 0 Å². The Kier molecular flexibility index (Phi) is 4.19. The molecular formula is C17H26N2. The molecule has 2 heteroatoms. The van der Waals surface area contributed by atoms with Crippen molar-refractivity contribution in [1.29, 1.82) is 0 Å². The lowest BCUT2D eigenvalue weighted by molar-refractivity contribution is 0.115. The molecule has 1 fully saturated rings. The van der Waals surface area contributed by atoms with Gasteiger partial charge in [-0.1, -0.05) is 49.9 Å². The van der Waals surface area contributed by atoms with Gasteiger partial charge in [0.1, 0.15) is 0 Å². The molecule has 1 aromatic rings. The van der Waals surface area contributed by atoms with Crippen molar-refractivity contribution in [1.82, 2.24) is 4.90 Å². The van der Waals surface area contributed by atoms with Gasteiger partial charge in [0.2, 0.25) is 0 Å². The van der Waals surface area contributed by atoms with E-state index in [1.54, 1.807) is 0 Å². The third-order valence-corrected chi connectivity index (χ3v) is 4.97. The second kappa shape index (κ2) is 6.06. The number of benzene rings is 1. The Morgan fingerprint density at radius 2 is 1.79 bits per heavy atom. The maximum absolute atomic E-state index is 6.11. The van der Waals surface area contributed by atoms with Crippen LogP contribution in [0.2, 0.25) is 0 Å². The van der Waals surface area contributed by atoms with Gasteiger partial charge in [0.05, 0.1) is 0 Å². The van der Waals surface area contributed by atoms with Crippen molar-refractivity contribution in [2.75, 3.05) is 13.1 Å². The largest absolute Gasteiger partial charge is 0.329 e. The van der Waals surface area contributed by atoms with Crippen LogP contribution in [0.4, 0.5) is 0 Å². The molecule has 2 nitrogen and oxygen atoms in total. The van der Waals surface area contributed by atoms with Gasteiger partial charge in [-0.25, -0.2) is 0 Å². The van der Waals surface area contributed by atoms with E-state index in [1.165, 1.54) is 62.6 Å². The zero-order chi connectivity index (χ0) is 13.1. The Hall–Kier alpha value is -0.860. The van der Waals surface area contributed by atoms with Crippen LogP contribution in [0.25, 0.3) is 0 Å². The minimum atomic E-state index is 0.452. The number of rotatable bonds is 2. The van der Waals surface area contributed by atoms with Gasteiger partial charge in [0.25, 0.3) is 0 Å². The maximum atomic E-state index is 6.11. The first-order chi connectivity index (χ1) is 9.40. The van der Waals surface area contributed by atoms with Crippen LogP contribution >= 0.6 is 0 Å². The van der Waals surface area contributed by atoms with Crippen molar-refractivity contribution < 1.29 is 0 Å². The summed E-state index contributed by atoms with van der Waals surface area (Å²) in [5, 5.41) is 0. The first-order valence-corrected chi connectivity index (χ1v) is 7.94. The van der Waals surface area contributed by atoms with E-state index in [-0.39, 0.29) is 0 Å². The lowest BCUT2D eigenvalue weighted by atomic mass is 9.90. The number of nitrogens with zero attached hydrogens (tertiary/aromatic N) is 1.